The van der Waals surface area contributed by atoms with E-state index in [2.05, 4.69) is 15.5 Å². The fourth-order valence-electron chi connectivity index (χ4n) is 1.91. The Kier molecular flexibility index (Phi) is 2.98. The third kappa shape index (κ3) is 2.46. The summed E-state index contributed by atoms with van der Waals surface area (Å²) in [5.41, 5.74) is 7.27. The van der Waals surface area contributed by atoms with E-state index in [1.165, 1.54) is 11.8 Å². The van der Waals surface area contributed by atoms with Crippen molar-refractivity contribution < 1.29 is 0 Å². The summed E-state index contributed by atoms with van der Waals surface area (Å²) in [6.07, 6.45) is 2.31. The van der Waals surface area contributed by atoms with Crippen molar-refractivity contribution in [3.8, 4) is 0 Å². The molecule has 6 nitrogen and oxygen atoms in total. The number of nitrogen functional groups attached to an aromatic ring is 1. The monoisotopic (exact) mass is 274 g/mol. The summed E-state index contributed by atoms with van der Waals surface area (Å²) in [7, 11) is 0. The number of aryl methyl sites for hydroxylation is 1. The largest absolute Gasteiger partial charge is 0.384 e. The van der Waals surface area contributed by atoms with Crippen molar-refractivity contribution in [2.24, 2.45) is 5.73 Å². The van der Waals surface area contributed by atoms with Crippen LogP contribution in [0, 0.1) is 12.3 Å². The first-order valence-corrected chi connectivity index (χ1v) is 6.87. The minimum atomic E-state index is 0.0943. The van der Waals surface area contributed by atoms with E-state index in [4.69, 9.17) is 11.1 Å². The van der Waals surface area contributed by atoms with Crippen LogP contribution in [-0.4, -0.2) is 26.0 Å². The number of amidine groups is 1. The van der Waals surface area contributed by atoms with Gasteiger partial charge in [-0.1, -0.05) is 0 Å². The van der Waals surface area contributed by atoms with Gasteiger partial charge in [0, 0.05) is 10.5 Å². The number of benzene rings is 1. The predicted molar refractivity (Wildman–Crippen MR) is 72.4 cm³/mol. The molecule has 0 atom stereocenters. The van der Waals surface area contributed by atoms with Crippen molar-refractivity contribution in [3.05, 3.63) is 29.3 Å². The smallest absolute Gasteiger partial charge is 0.214 e. The molecule has 0 aliphatic heterocycles. The number of nitrogens with two attached hydrogens (primary N) is 1. The van der Waals surface area contributed by atoms with Crippen LogP contribution in [0.2, 0.25) is 0 Å². The van der Waals surface area contributed by atoms with E-state index >= 15 is 0 Å². The molecule has 1 heterocycles. The summed E-state index contributed by atoms with van der Waals surface area (Å²) in [5, 5.41) is 20.1. The molecule has 2 aromatic rings. The zero-order chi connectivity index (χ0) is 13.4. The summed E-state index contributed by atoms with van der Waals surface area (Å²) in [6, 6.07) is 6.29. The molecular weight excluding hydrogens is 260 g/mol. The van der Waals surface area contributed by atoms with Crippen LogP contribution < -0.4 is 5.73 Å². The van der Waals surface area contributed by atoms with Crippen molar-refractivity contribution in [3.63, 3.8) is 0 Å². The molecule has 0 saturated heterocycles. The van der Waals surface area contributed by atoms with Crippen molar-refractivity contribution in [2.75, 3.05) is 0 Å². The first-order chi connectivity index (χ1) is 9.15. The molecule has 0 radical (unpaired) electrons. The molecule has 1 aromatic heterocycles. The summed E-state index contributed by atoms with van der Waals surface area (Å²) < 4.78 is 1.89. The Bertz CT molecular complexity index is 631. The van der Waals surface area contributed by atoms with Crippen molar-refractivity contribution in [2.45, 2.75) is 35.9 Å². The quantitative estimate of drug-likeness (QED) is 0.654. The molecule has 98 valence electrons. The summed E-state index contributed by atoms with van der Waals surface area (Å²) in [5.74, 6) is 0.0943. The highest BCUT2D eigenvalue weighted by Gasteiger charge is 2.28. The number of nitrogens with zero attached hydrogens (tertiary/aromatic N) is 4. The zero-order valence-corrected chi connectivity index (χ0v) is 11.3. The molecule has 7 heteroatoms. The molecule has 19 heavy (non-hydrogen) atoms. The van der Waals surface area contributed by atoms with Crippen LogP contribution in [-0.2, 0) is 0 Å². The van der Waals surface area contributed by atoms with E-state index in [1.54, 1.807) is 0 Å². The lowest BCUT2D eigenvalue weighted by Gasteiger charge is -2.06. The third-order valence-electron chi connectivity index (χ3n) is 3.05. The Morgan fingerprint density at radius 2 is 2.26 bits per heavy atom. The molecule has 1 aromatic carbocycles. The Morgan fingerprint density at radius 3 is 2.89 bits per heavy atom. The van der Waals surface area contributed by atoms with E-state index in [0.29, 0.717) is 6.04 Å². The SMILES string of the molecule is Cc1cc(Sc2nnnn2C2CC2)ccc1C(=N)N. The second-order valence-electron chi connectivity index (χ2n) is 4.63. The number of nitrogens with one attached hydrogen (secondary N) is 1. The molecule has 0 spiro atoms. The van der Waals surface area contributed by atoms with E-state index in [1.807, 2.05) is 29.8 Å². The van der Waals surface area contributed by atoms with Crippen LogP contribution >= 0.6 is 11.8 Å². The molecule has 1 saturated carbocycles. The summed E-state index contributed by atoms with van der Waals surface area (Å²) in [4.78, 5) is 1.05. The molecule has 3 N–H and O–H groups in total. The van der Waals surface area contributed by atoms with Gasteiger partial charge in [0.1, 0.15) is 5.84 Å². The average Bonchev–Trinajstić information content (AvgIpc) is 3.10. The number of hydrogen-bond acceptors (Lipinski definition) is 5. The maximum atomic E-state index is 7.48. The van der Waals surface area contributed by atoms with E-state index in [9.17, 15) is 0 Å². The fourth-order valence-corrected chi connectivity index (χ4v) is 2.85. The van der Waals surface area contributed by atoms with Gasteiger partial charge in [0.05, 0.1) is 6.04 Å². The Hall–Kier alpha value is -1.89. The first kappa shape index (κ1) is 12.2. The highest BCUT2D eigenvalue weighted by molar-refractivity contribution is 7.99. The Morgan fingerprint density at radius 1 is 1.47 bits per heavy atom. The average molecular weight is 274 g/mol. The van der Waals surface area contributed by atoms with Crippen molar-refractivity contribution >= 4 is 17.6 Å². The Balaban J connectivity index is 1.85. The van der Waals surface area contributed by atoms with Gasteiger partial charge in [-0.2, -0.15) is 0 Å². The zero-order valence-electron chi connectivity index (χ0n) is 10.5. The standard InChI is InChI=1S/C12H14N6S/c1-7-6-9(4-5-10(7)11(13)14)19-12-15-16-17-18(12)8-2-3-8/h4-6,8H,2-3H2,1H3,(H3,13,14). The lowest BCUT2D eigenvalue weighted by Crippen LogP contribution is -2.12. The van der Waals surface area contributed by atoms with Crippen LogP contribution in [0.3, 0.4) is 0 Å². The second-order valence-corrected chi connectivity index (χ2v) is 5.67. The number of aromatic nitrogens is 4. The Labute approximate surface area is 114 Å². The van der Waals surface area contributed by atoms with Crippen LogP contribution in [0.1, 0.15) is 30.0 Å². The third-order valence-corrected chi connectivity index (χ3v) is 3.99. The van der Waals surface area contributed by atoms with Gasteiger partial charge in [-0.25, -0.2) is 4.68 Å². The van der Waals surface area contributed by atoms with Crippen LogP contribution in [0.5, 0.6) is 0 Å². The molecule has 3 rings (SSSR count). The molecule has 1 aliphatic carbocycles. The molecule has 0 amide bonds. The number of hydrogen-bond donors (Lipinski definition) is 2. The minimum absolute atomic E-state index is 0.0943. The predicted octanol–water partition coefficient (Wildman–Crippen LogP) is 1.75. The second kappa shape index (κ2) is 4.65. The normalized spacial score (nSPS) is 14.6. The number of rotatable bonds is 4. The van der Waals surface area contributed by atoms with Gasteiger partial charge in [0.15, 0.2) is 0 Å². The maximum absolute atomic E-state index is 7.48. The van der Waals surface area contributed by atoms with Gasteiger partial charge in [0.2, 0.25) is 5.16 Å². The van der Waals surface area contributed by atoms with Crippen LogP contribution in [0.15, 0.2) is 28.3 Å². The van der Waals surface area contributed by atoms with Crippen molar-refractivity contribution in [1.29, 1.82) is 5.41 Å². The highest BCUT2D eigenvalue weighted by atomic mass is 32.2. The van der Waals surface area contributed by atoms with Gasteiger partial charge >= 0.3 is 0 Å². The summed E-state index contributed by atoms with van der Waals surface area (Å²) >= 11 is 1.54. The maximum Gasteiger partial charge on any atom is 0.214 e. The van der Waals surface area contributed by atoms with E-state index < -0.39 is 0 Å². The van der Waals surface area contributed by atoms with E-state index in [0.717, 1.165) is 34.0 Å². The molecule has 1 fully saturated rings. The minimum Gasteiger partial charge on any atom is -0.384 e. The highest BCUT2D eigenvalue weighted by Crippen LogP contribution is 2.38. The van der Waals surface area contributed by atoms with Crippen LogP contribution in [0.25, 0.3) is 0 Å². The molecule has 0 unspecified atom stereocenters. The fraction of sp³-hybridized carbons (Fsp3) is 0.333. The summed E-state index contributed by atoms with van der Waals surface area (Å²) in [6.45, 7) is 1.95. The van der Waals surface area contributed by atoms with E-state index in [-0.39, 0.29) is 5.84 Å². The first-order valence-electron chi connectivity index (χ1n) is 6.06. The van der Waals surface area contributed by atoms with Gasteiger partial charge < -0.3 is 5.73 Å². The molecule has 0 bridgehead atoms. The lowest BCUT2D eigenvalue weighted by molar-refractivity contribution is 0.565. The lowest BCUT2D eigenvalue weighted by atomic mass is 10.1. The van der Waals surface area contributed by atoms with Gasteiger partial charge in [-0.3, -0.25) is 5.41 Å². The number of tetrazole rings is 1. The van der Waals surface area contributed by atoms with Crippen molar-refractivity contribution in [1.82, 2.24) is 20.2 Å². The van der Waals surface area contributed by atoms with Crippen LogP contribution in [0.4, 0.5) is 0 Å². The van der Waals surface area contributed by atoms with Gasteiger partial charge in [-0.15, -0.1) is 5.10 Å². The topological polar surface area (TPSA) is 93.5 Å². The van der Waals surface area contributed by atoms with Gasteiger partial charge in [0.25, 0.3) is 0 Å². The molecular formula is C12H14N6S. The molecule has 1 aliphatic rings. The van der Waals surface area contributed by atoms with Gasteiger partial charge in [-0.05, 0) is 65.7 Å².